The zero-order chi connectivity index (χ0) is 20.2. The normalized spacial score (nSPS) is 21.2. The van der Waals surface area contributed by atoms with Crippen LogP contribution in [0.5, 0.6) is 0 Å². The average Bonchev–Trinajstić information content (AvgIpc) is 3.16. The highest BCUT2D eigenvalue weighted by Gasteiger charge is 2.58. The predicted molar refractivity (Wildman–Crippen MR) is 108 cm³/mol. The van der Waals surface area contributed by atoms with Gasteiger partial charge in [0.2, 0.25) is 5.91 Å². The van der Waals surface area contributed by atoms with E-state index in [0.29, 0.717) is 22.0 Å². The second kappa shape index (κ2) is 6.56. The third kappa shape index (κ3) is 2.64. The summed E-state index contributed by atoms with van der Waals surface area (Å²) in [5.74, 6) is -2.12. The van der Waals surface area contributed by atoms with Crippen molar-refractivity contribution in [3.8, 4) is 0 Å². The minimum Gasteiger partial charge on any atom is -0.293 e. The average molecular weight is 396 g/mol. The summed E-state index contributed by atoms with van der Waals surface area (Å²) >= 11 is 6.19. The molecule has 0 saturated carbocycles. The molecule has 7 heteroatoms. The van der Waals surface area contributed by atoms with E-state index in [4.69, 9.17) is 11.6 Å². The van der Waals surface area contributed by atoms with Gasteiger partial charge in [0, 0.05) is 11.9 Å². The number of benzene rings is 2. The molecule has 2 atom stereocenters. The number of hydrazone groups is 1. The summed E-state index contributed by atoms with van der Waals surface area (Å²) in [6.45, 7) is 5.07. The molecular formula is C21H18ClN3O3. The fourth-order valence-corrected chi connectivity index (χ4v) is 3.86. The van der Waals surface area contributed by atoms with E-state index in [0.717, 1.165) is 10.5 Å². The number of carbonyl (C=O) groups is 3. The Bertz CT molecular complexity index is 1050. The summed E-state index contributed by atoms with van der Waals surface area (Å²) in [6, 6.07) is 11.6. The fourth-order valence-electron chi connectivity index (χ4n) is 3.69. The van der Waals surface area contributed by atoms with E-state index in [-0.39, 0.29) is 11.5 Å². The molecule has 2 aromatic rings. The Hall–Kier alpha value is -2.99. The smallest absolute Gasteiger partial charge is 0.259 e. The van der Waals surface area contributed by atoms with Crippen molar-refractivity contribution in [2.24, 2.45) is 11.0 Å². The van der Waals surface area contributed by atoms with Crippen LogP contribution in [0.3, 0.4) is 0 Å². The molecule has 142 valence electrons. The molecule has 0 radical (unpaired) electrons. The highest BCUT2D eigenvalue weighted by molar-refractivity contribution is 6.49. The summed E-state index contributed by atoms with van der Waals surface area (Å²) in [5.41, 5.74) is 2.88. The van der Waals surface area contributed by atoms with E-state index in [1.165, 1.54) is 11.9 Å². The molecule has 0 aliphatic carbocycles. The second-order valence-electron chi connectivity index (χ2n) is 7.04. The molecule has 2 aliphatic rings. The van der Waals surface area contributed by atoms with Crippen LogP contribution in [0.4, 0.5) is 11.4 Å². The molecule has 1 fully saturated rings. The molecule has 2 amide bonds. The Balaban J connectivity index is 1.83. The van der Waals surface area contributed by atoms with Gasteiger partial charge in [-0.1, -0.05) is 35.4 Å². The van der Waals surface area contributed by atoms with Crippen molar-refractivity contribution in [2.75, 3.05) is 9.91 Å². The van der Waals surface area contributed by atoms with Gasteiger partial charge in [0.1, 0.15) is 17.7 Å². The van der Waals surface area contributed by atoms with Crippen LogP contribution < -0.4 is 9.91 Å². The first kappa shape index (κ1) is 18.4. The van der Waals surface area contributed by atoms with Crippen molar-refractivity contribution in [3.63, 3.8) is 0 Å². The number of amides is 2. The van der Waals surface area contributed by atoms with E-state index >= 15 is 0 Å². The number of nitrogens with zero attached hydrogens (tertiary/aromatic N) is 3. The highest BCUT2D eigenvalue weighted by atomic mass is 35.5. The zero-order valence-corrected chi connectivity index (χ0v) is 16.4. The molecular weight excluding hydrogens is 378 g/mol. The number of halogens is 1. The van der Waals surface area contributed by atoms with Crippen LogP contribution in [-0.4, -0.2) is 29.4 Å². The van der Waals surface area contributed by atoms with Crippen molar-refractivity contribution in [2.45, 2.75) is 26.8 Å². The molecule has 2 aliphatic heterocycles. The van der Waals surface area contributed by atoms with Gasteiger partial charge in [0.25, 0.3) is 5.91 Å². The Labute approximate surface area is 167 Å². The van der Waals surface area contributed by atoms with E-state index in [2.05, 4.69) is 5.10 Å². The number of anilines is 2. The molecule has 0 aromatic heterocycles. The number of Topliss-reactive ketones (excluding diaryl/α,β-unsaturated/α-hetero) is 1. The summed E-state index contributed by atoms with van der Waals surface area (Å²) in [7, 11) is 0. The van der Waals surface area contributed by atoms with Crippen LogP contribution in [-0.2, 0) is 14.4 Å². The molecule has 2 aromatic carbocycles. The second-order valence-corrected chi connectivity index (χ2v) is 7.45. The van der Waals surface area contributed by atoms with Crippen LogP contribution in [0.1, 0.15) is 18.1 Å². The van der Waals surface area contributed by atoms with Crippen molar-refractivity contribution in [1.82, 2.24) is 0 Å². The third-order valence-corrected chi connectivity index (χ3v) is 5.60. The molecule has 4 rings (SSSR count). The SMILES string of the molecule is CC(=O)C1=NN(c2ccc(C)cc2)[C@H]2C(=O)N(c3cccc(Cl)c3C)C(=O)[C@H]12. The first-order valence-electron chi connectivity index (χ1n) is 8.89. The first-order valence-corrected chi connectivity index (χ1v) is 9.27. The van der Waals surface area contributed by atoms with Crippen LogP contribution in [0.25, 0.3) is 0 Å². The minimum absolute atomic E-state index is 0.103. The number of aryl methyl sites for hydroxylation is 1. The number of hydrogen-bond acceptors (Lipinski definition) is 5. The van der Waals surface area contributed by atoms with Gasteiger partial charge in [-0.3, -0.25) is 19.4 Å². The van der Waals surface area contributed by atoms with E-state index in [9.17, 15) is 14.4 Å². The third-order valence-electron chi connectivity index (χ3n) is 5.19. The number of ketones is 1. The lowest BCUT2D eigenvalue weighted by Gasteiger charge is -2.23. The lowest BCUT2D eigenvalue weighted by Crippen LogP contribution is -2.39. The van der Waals surface area contributed by atoms with Crippen LogP contribution in [0.2, 0.25) is 5.02 Å². The van der Waals surface area contributed by atoms with E-state index < -0.39 is 23.8 Å². The molecule has 0 N–H and O–H groups in total. The molecule has 2 heterocycles. The van der Waals surface area contributed by atoms with Gasteiger partial charge in [-0.15, -0.1) is 0 Å². The number of imide groups is 1. The topological polar surface area (TPSA) is 70.1 Å². The lowest BCUT2D eigenvalue weighted by molar-refractivity contribution is -0.122. The molecule has 6 nitrogen and oxygen atoms in total. The number of rotatable bonds is 3. The van der Waals surface area contributed by atoms with Gasteiger partial charge >= 0.3 is 0 Å². The van der Waals surface area contributed by atoms with Crippen molar-refractivity contribution < 1.29 is 14.4 Å². The Morgan fingerprint density at radius 3 is 2.36 bits per heavy atom. The van der Waals surface area contributed by atoms with E-state index in [1.54, 1.807) is 25.1 Å². The summed E-state index contributed by atoms with van der Waals surface area (Å²) in [6.07, 6.45) is 0. The number of hydrogen-bond donors (Lipinski definition) is 0. The van der Waals surface area contributed by atoms with Gasteiger partial charge < -0.3 is 0 Å². The predicted octanol–water partition coefficient (Wildman–Crippen LogP) is 3.28. The first-order chi connectivity index (χ1) is 13.3. The van der Waals surface area contributed by atoms with Gasteiger partial charge in [-0.05, 0) is 43.7 Å². The van der Waals surface area contributed by atoms with Crippen LogP contribution >= 0.6 is 11.6 Å². The van der Waals surface area contributed by atoms with E-state index in [1.807, 2.05) is 31.2 Å². The quantitative estimate of drug-likeness (QED) is 0.748. The van der Waals surface area contributed by atoms with Crippen molar-refractivity contribution >= 4 is 46.3 Å². The largest absolute Gasteiger partial charge is 0.293 e. The highest BCUT2D eigenvalue weighted by Crippen LogP contribution is 2.39. The summed E-state index contributed by atoms with van der Waals surface area (Å²) in [4.78, 5) is 39.8. The fraction of sp³-hybridized carbons (Fsp3) is 0.238. The van der Waals surface area contributed by atoms with Crippen LogP contribution in [0.15, 0.2) is 47.6 Å². The maximum absolute atomic E-state index is 13.3. The van der Waals surface area contributed by atoms with Gasteiger partial charge in [-0.2, -0.15) is 5.10 Å². The monoisotopic (exact) mass is 395 g/mol. The maximum Gasteiger partial charge on any atom is 0.259 e. The standard InChI is InChI=1S/C21H18ClN3O3/c1-11-7-9-14(10-8-11)25-19-17(18(23-25)13(3)26)20(27)24(21(19)28)16-6-4-5-15(22)12(16)2/h4-10,17,19H,1-3H3/t17-,19-/m1/s1. The minimum atomic E-state index is -0.926. The van der Waals surface area contributed by atoms with Gasteiger partial charge in [-0.25, -0.2) is 4.90 Å². The molecule has 28 heavy (non-hydrogen) atoms. The lowest BCUT2D eigenvalue weighted by atomic mass is 9.95. The molecule has 0 spiro atoms. The van der Waals surface area contributed by atoms with Crippen LogP contribution in [0, 0.1) is 19.8 Å². The molecule has 1 saturated heterocycles. The maximum atomic E-state index is 13.3. The van der Waals surface area contributed by atoms with Gasteiger partial charge in [0.05, 0.1) is 11.4 Å². The zero-order valence-electron chi connectivity index (χ0n) is 15.6. The Morgan fingerprint density at radius 2 is 1.71 bits per heavy atom. The summed E-state index contributed by atoms with van der Waals surface area (Å²) in [5, 5.41) is 6.30. The Kier molecular flexibility index (Phi) is 4.31. The van der Waals surface area contributed by atoms with Crippen molar-refractivity contribution in [3.05, 3.63) is 58.6 Å². The molecule has 0 bridgehead atoms. The number of carbonyl (C=O) groups excluding carboxylic acids is 3. The summed E-state index contributed by atoms with van der Waals surface area (Å²) < 4.78 is 0. The molecule has 0 unspecified atom stereocenters. The van der Waals surface area contributed by atoms with Crippen molar-refractivity contribution in [1.29, 1.82) is 0 Å². The van der Waals surface area contributed by atoms with Gasteiger partial charge in [0.15, 0.2) is 5.78 Å². The Morgan fingerprint density at radius 1 is 1.04 bits per heavy atom. The number of fused-ring (bicyclic) bond motifs is 1.